The minimum atomic E-state index is -3.72. The van der Waals surface area contributed by atoms with E-state index in [1.54, 1.807) is 24.3 Å². The van der Waals surface area contributed by atoms with Gasteiger partial charge in [-0.1, -0.05) is 52.2 Å². The van der Waals surface area contributed by atoms with E-state index in [1.165, 1.54) is 47.7 Å². The SMILES string of the molecule is Cc1ccc(S(=O)(=O)Nc2ccc(C(=O)Nc3nc4c(Cl)ccc(Cl)c4s3)cc2)cc1. The number of nitrogens with zero attached hydrogens (tertiary/aromatic N) is 1. The molecule has 4 rings (SSSR count). The van der Waals surface area contributed by atoms with Crippen LogP contribution in [0, 0.1) is 6.92 Å². The maximum absolute atomic E-state index is 12.6. The number of carbonyl (C=O) groups is 1. The van der Waals surface area contributed by atoms with Crippen molar-refractivity contribution in [1.29, 1.82) is 0 Å². The highest BCUT2D eigenvalue weighted by molar-refractivity contribution is 7.92. The Morgan fingerprint density at radius 3 is 2.23 bits per heavy atom. The van der Waals surface area contributed by atoms with Crippen LogP contribution in [0.5, 0.6) is 0 Å². The first kappa shape index (κ1) is 21.6. The van der Waals surface area contributed by atoms with Gasteiger partial charge in [0.05, 0.1) is 19.6 Å². The zero-order valence-corrected chi connectivity index (χ0v) is 19.2. The quantitative estimate of drug-likeness (QED) is 0.360. The summed E-state index contributed by atoms with van der Waals surface area (Å²) in [6, 6.07) is 15.9. The van der Waals surface area contributed by atoms with E-state index in [1.807, 2.05) is 6.92 Å². The highest BCUT2D eigenvalue weighted by atomic mass is 35.5. The highest BCUT2D eigenvalue weighted by Crippen LogP contribution is 2.36. The standard InChI is InChI=1S/C21H15Cl2N3O3S2/c1-12-2-8-15(9-3-12)31(28,29)26-14-6-4-13(5-7-14)20(27)25-21-24-18-16(22)10-11-17(23)19(18)30-21/h2-11,26H,1H3,(H,24,25,27). The predicted octanol–water partition coefficient (Wildman–Crippen LogP) is 5.96. The summed E-state index contributed by atoms with van der Waals surface area (Å²) in [7, 11) is -3.72. The highest BCUT2D eigenvalue weighted by Gasteiger charge is 2.16. The van der Waals surface area contributed by atoms with E-state index in [0.29, 0.717) is 36.6 Å². The Labute approximate surface area is 192 Å². The van der Waals surface area contributed by atoms with Crippen molar-refractivity contribution in [3.8, 4) is 0 Å². The number of aromatic nitrogens is 1. The molecule has 0 radical (unpaired) electrons. The lowest BCUT2D eigenvalue weighted by Gasteiger charge is -2.09. The number of benzene rings is 3. The van der Waals surface area contributed by atoms with Gasteiger partial charge in [0.2, 0.25) is 0 Å². The average molecular weight is 492 g/mol. The number of fused-ring (bicyclic) bond motifs is 1. The van der Waals surface area contributed by atoms with E-state index < -0.39 is 10.0 Å². The Morgan fingerprint density at radius 2 is 1.58 bits per heavy atom. The van der Waals surface area contributed by atoms with Crippen molar-refractivity contribution in [2.75, 3.05) is 10.0 Å². The van der Waals surface area contributed by atoms with Crippen molar-refractivity contribution in [3.05, 3.63) is 81.8 Å². The molecule has 0 unspecified atom stereocenters. The Hall–Kier alpha value is -2.65. The third-order valence-electron chi connectivity index (χ3n) is 4.40. The number of hydrogen-bond donors (Lipinski definition) is 2. The molecule has 158 valence electrons. The third-order valence-corrected chi connectivity index (χ3v) is 7.53. The fourth-order valence-corrected chi connectivity index (χ4v) is 5.26. The lowest BCUT2D eigenvalue weighted by atomic mass is 10.2. The van der Waals surface area contributed by atoms with Crippen LogP contribution >= 0.6 is 34.5 Å². The van der Waals surface area contributed by atoms with E-state index >= 15 is 0 Å². The summed E-state index contributed by atoms with van der Waals surface area (Å²) < 4.78 is 28.2. The molecule has 0 atom stereocenters. The summed E-state index contributed by atoms with van der Waals surface area (Å²) in [6.07, 6.45) is 0. The number of aryl methyl sites for hydroxylation is 1. The van der Waals surface area contributed by atoms with Gasteiger partial charge in [-0.25, -0.2) is 13.4 Å². The molecule has 0 aliphatic rings. The number of sulfonamides is 1. The van der Waals surface area contributed by atoms with Crippen LogP contribution in [0.2, 0.25) is 10.0 Å². The van der Waals surface area contributed by atoms with Crippen LogP contribution in [0.3, 0.4) is 0 Å². The van der Waals surface area contributed by atoms with Crippen LogP contribution in [0.1, 0.15) is 15.9 Å². The number of anilines is 2. The molecule has 0 spiro atoms. The molecule has 1 aromatic heterocycles. The van der Waals surface area contributed by atoms with Gasteiger partial charge < -0.3 is 0 Å². The number of amides is 1. The molecule has 6 nitrogen and oxygen atoms in total. The molecule has 0 aliphatic carbocycles. The molecular weight excluding hydrogens is 477 g/mol. The van der Waals surface area contributed by atoms with Gasteiger partial charge in [-0.3, -0.25) is 14.8 Å². The second-order valence-corrected chi connectivity index (χ2v) is 10.2. The molecule has 3 aromatic carbocycles. The number of thiazole rings is 1. The summed E-state index contributed by atoms with van der Waals surface area (Å²) in [6.45, 7) is 1.88. The minimum absolute atomic E-state index is 0.160. The van der Waals surface area contributed by atoms with E-state index in [9.17, 15) is 13.2 Å². The molecule has 0 bridgehead atoms. The van der Waals surface area contributed by atoms with Crippen molar-refractivity contribution in [2.24, 2.45) is 0 Å². The molecule has 10 heteroatoms. The fraction of sp³-hybridized carbons (Fsp3) is 0.0476. The van der Waals surface area contributed by atoms with Gasteiger partial charge >= 0.3 is 0 Å². The van der Waals surface area contributed by atoms with Crippen molar-refractivity contribution < 1.29 is 13.2 Å². The van der Waals surface area contributed by atoms with Crippen LogP contribution in [-0.2, 0) is 10.0 Å². The van der Waals surface area contributed by atoms with Crippen LogP contribution < -0.4 is 10.0 Å². The first-order valence-corrected chi connectivity index (χ1v) is 12.0. The third kappa shape index (κ3) is 4.67. The van der Waals surface area contributed by atoms with E-state index in [-0.39, 0.29) is 10.8 Å². The second kappa shape index (κ2) is 8.47. The Morgan fingerprint density at radius 1 is 0.935 bits per heavy atom. The Balaban J connectivity index is 1.49. The van der Waals surface area contributed by atoms with Gasteiger partial charge in [0.1, 0.15) is 5.52 Å². The fourth-order valence-electron chi connectivity index (χ4n) is 2.79. The first-order valence-electron chi connectivity index (χ1n) is 8.98. The summed E-state index contributed by atoms with van der Waals surface area (Å²) in [5, 5.41) is 4.02. The largest absolute Gasteiger partial charge is 0.298 e. The van der Waals surface area contributed by atoms with Crippen LogP contribution in [0.4, 0.5) is 10.8 Å². The molecule has 1 heterocycles. The summed E-state index contributed by atoms with van der Waals surface area (Å²) >= 11 is 13.5. The van der Waals surface area contributed by atoms with Gasteiger partial charge in [0.15, 0.2) is 5.13 Å². The monoisotopic (exact) mass is 491 g/mol. The van der Waals surface area contributed by atoms with Gasteiger partial charge in [-0.15, -0.1) is 0 Å². The van der Waals surface area contributed by atoms with Crippen LogP contribution in [0.25, 0.3) is 10.2 Å². The molecule has 4 aromatic rings. The van der Waals surface area contributed by atoms with Gasteiger partial charge in [-0.2, -0.15) is 0 Å². The predicted molar refractivity (Wildman–Crippen MR) is 126 cm³/mol. The molecule has 2 N–H and O–H groups in total. The van der Waals surface area contributed by atoms with Gasteiger partial charge in [0, 0.05) is 11.3 Å². The molecule has 1 amide bonds. The van der Waals surface area contributed by atoms with Crippen LogP contribution in [-0.4, -0.2) is 19.3 Å². The molecule has 0 fully saturated rings. The zero-order valence-electron chi connectivity index (χ0n) is 16.0. The lowest BCUT2D eigenvalue weighted by Crippen LogP contribution is -2.14. The maximum Gasteiger partial charge on any atom is 0.261 e. The van der Waals surface area contributed by atoms with E-state index in [0.717, 1.165) is 5.56 Å². The number of hydrogen-bond acceptors (Lipinski definition) is 5. The molecule has 31 heavy (non-hydrogen) atoms. The Kier molecular flexibility index (Phi) is 5.90. The molecular formula is C21H15Cl2N3O3S2. The smallest absolute Gasteiger partial charge is 0.261 e. The van der Waals surface area contributed by atoms with Crippen LogP contribution in [0.15, 0.2) is 65.6 Å². The second-order valence-electron chi connectivity index (χ2n) is 6.68. The van der Waals surface area contributed by atoms with Crippen molar-refractivity contribution in [3.63, 3.8) is 0 Å². The van der Waals surface area contributed by atoms with E-state index in [4.69, 9.17) is 23.2 Å². The van der Waals surface area contributed by atoms with Crippen molar-refractivity contribution in [2.45, 2.75) is 11.8 Å². The zero-order chi connectivity index (χ0) is 22.2. The normalized spacial score (nSPS) is 11.5. The first-order chi connectivity index (χ1) is 14.7. The summed E-state index contributed by atoms with van der Waals surface area (Å²) in [5.74, 6) is -0.390. The number of halogens is 2. The maximum atomic E-state index is 12.6. The molecule has 0 saturated heterocycles. The van der Waals surface area contributed by atoms with Gasteiger partial charge in [-0.05, 0) is 55.5 Å². The molecule has 0 saturated carbocycles. The van der Waals surface area contributed by atoms with E-state index in [2.05, 4.69) is 15.0 Å². The summed E-state index contributed by atoms with van der Waals surface area (Å²) in [4.78, 5) is 17.0. The lowest BCUT2D eigenvalue weighted by molar-refractivity contribution is 0.102. The van der Waals surface area contributed by atoms with Crippen molar-refractivity contribution in [1.82, 2.24) is 4.98 Å². The average Bonchev–Trinajstić information content (AvgIpc) is 3.16. The number of carbonyl (C=O) groups excluding carboxylic acids is 1. The minimum Gasteiger partial charge on any atom is -0.298 e. The van der Waals surface area contributed by atoms with Gasteiger partial charge in [0.25, 0.3) is 15.9 Å². The summed E-state index contributed by atoms with van der Waals surface area (Å²) in [5.41, 5.74) is 2.17. The topological polar surface area (TPSA) is 88.2 Å². The Bertz CT molecular complexity index is 1350. The number of rotatable bonds is 5. The number of nitrogens with one attached hydrogen (secondary N) is 2. The van der Waals surface area contributed by atoms with Crippen molar-refractivity contribution >= 4 is 71.5 Å². The molecule has 0 aliphatic heterocycles.